The van der Waals surface area contributed by atoms with Gasteiger partial charge in [0.15, 0.2) is 6.10 Å². The number of halogens is 2. The number of hydrogen-bond donors (Lipinski definition) is 2. The van der Waals surface area contributed by atoms with Gasteiger partial charge in [-0.3, -0.25) is 20.4 Å². The maximum atomic E-state index is 13.0. The SMILES string of the molecule is CC(Oc1ccc(F)cc1)C(=O)NNC(=O)c1cnn(-c2ccc(Cl)cc2)c1C(C)C. The summed E-state index contributed by atoms with van der Waals surface area (Å²) in [5.74, 6) is -1.16. The minimum Gasteiger partial charge on any atom is -0.481 e. The fourth-order valence-corrected chi connectivity index (χ4v) is 3.06. The predicted octanol–water partition coefficient (Wildman–Crippen LogP) is 4.02. The number of benzene rings is 2. The number of carbonyl (C=O) groups excluding carboxylic acids is 2. The van der Waals surface area contributed by atoms with Crippen molar-refractivity contribution in [3.63, 3.8) is 0 Å². The van der Waals surface area contributed by atoms with E-state index < -0.39 is 23.7 Å². The van der Waals surface area contributed by atoms with Gasteiger partial charge in [-0.05, 0) is 61.4 Å². The van der Waals surface area contributed by atoms with Crippen molar-refractivity contribution in [1.82, 2.24) is 20.6 Å². The summed E-state index contributed by atoms with van der Waals surface area (Å²) in [5.41, 5.74) is 6.51. The highest BCUT2D eigenvalue weighted by atomic mass is 35.5. The zero-order chi connectivity index (χ0) is 22.5. The lowest BCUT2D eigenvalue weighted by Crippen LogP contribution is -2.47. The van der Waals surface area contributed by atoms with E-state index in [1.165, 1.54) is 37.4 Å². The lowest BCUT2D eigenvalue weighted by atomic mass is 10.1. The molecule has 31 heavy (non-hydrogen) atoms. The van der Waals surface area contributed by atoms with Gasteiger partial charge in [0.05, 0.1) is 23.1 Å². The van der Waals surface area contributed by atoms with E-state index in [0.29, 0.717) is 22.0 Å². The third kappa shape index (κ3) is 5.40. The van der Waals surface area contributed by atoms with Crippen LogP contribution < -0.4 is 15.6 Å². The molecule has 0 saturated heterocycles. The molecule has 0 spiro atoms. The number of ether oxygens (including phenoxy) is 1. The van der Waals surface area contributed by atoms with Crippen molar-refractivity contribution in [3.8, 4) is 11.4 Å². The first kappa shape index (κ1) is 22.3. The topological polar surface area (TPSA) is 85.2 Å². The summed E-state index contributed by atoms with van der Waals surface area (Å²) in [5, 5.41) is 4.93. The molecule has 1 aromatic heterocycles. The number of nitrogens with zero attached hydrogens (tertiary/aromatic N) is 2. The Morgan fingerprint density at radius 3 is 2.29 bits per heavy atom. The van der Waals surface area contributed by atoms with E-state index in [0.717, 1.165) is 5.69 Å². The third-order valence-electron chi connectivity index (χ3n) is 4.46. The van der Waals surface area contributed by atoms with Crippen molar-refractivity contribution in [2.24, 2.45) is 0 Å². The number of nitrogens with one attached hydrogen (secondary N) is 2. The van der Waals surface area contributed by atoms with Crippen molar-refractivity contribution in [1.29, 1.82) is 0 Å². The molecule has 7 nitrogen and oxygen atoms in total. The molecule has 0 aliphatic rings. The van der Waals surface area contributed by atoms with Crippen LogP contribution in [-0.4, -0.2) is 27.7 Å². The Balaban J connectivity index is 1.68. The lowest BCUT2D eigenvalue weighted by molar-refractivity contribution is -0.128. The van der Waals surface area contributed by atoms with E-state index in [9.17, 15) is 14.0 Å². The molecule has 0 bridgehead atoms. The molecule has 0 aliphatic carbocycles. The molecule has 1 unspecified atom stereocenters. The number of amides is 2. The largest absolute Gasteiger partial charge is 0.481 e. The van der Waals surface area contributed by atoms with Crippen LogP contribution in [0.15, 0.2) is 54.7 Å². The highest BCUT2D eigenvalue weighted by Gasteiger charge is 2.22. The van der Waals surface area contributed by atoms with Crippen LogP contribution in [0.25, 0.3) is 5.69 Å². The summed E-state index contributed by atoms with van der Waals surface area (Å²) in [4.78, 5) is 25.0. The molecule has 0 aliphatic heterocycles. The average molecular weight is 445 g/mol. The third-order valence-corrected chi connectivity index (χ3v) is 4.72. The van der Waals surface area contributed by atoms with Gasteiger partial charge in [0.25, 0.3) is 11.8 Å². The second-order valence-corrected chi connectivity index (χ2v) is 7.58. The molecular weight excluding hydrogens is 423 g/mol. The number of aromatic nitrogens is 2. The summed E-state index contributed by atoms with van der Waals surface area (Å²) < 4.78 is 20.1. The van der Waals surface area contributed by atoms with Crippen molar-refractivity contribution in [2.45, 2.75) is 32.8 Å². The van der Waals surface area contributed by atoms with Gasteiger partial charge in [0.1, 0.15) is 11.6 Å². The maximum Gasteiger partial charge on any atom is 0.279 e. The molecule has 162 valence electrons. The summed E-state index contributed by atoms with van der Waals surface area (Å²) in [6.45, 7) is 5.40. The van der Waals surface area contributed by atoms with Gasteiger partial charge in [-0.2, -0.15) is 5.10 Å². The van der Waals surface area contributed by atoms with Crippen LogP contribution in [0.5, 0.6) is 5.75 Å². The second-order valence-electron chi connectivity index (χ2n) is 7.14. The molecule has 3 rings (SSSR count). The zero-order valence-electron chi connectivity index (χ0n) is 17.2. The van der Waals surface area contributed by atoms with Crippen molar-refractivity contribution in [2.75, 3.05) is 0 Å². The van der Waals surface area contributed by atoms with Crippen LogP contribution in [0.1, 0.15) is 42.7 Å². The molecule has 1 heterocycles. The Hall–Kier alpha value is -3.39. The zero-order valence-corrected chi connectivity index (χ0v) is 18.0. The van der Waals surface area contributed by atoms with Crippen LogP contribution in [0.2, 0.25) is 5.02 Å². The second kappa shape index (κ2) is 9.61. The quantitative estimate of drug-likeness (QED) is 0.562. The maximum absolute atomic E-state index is 13.0. The fraction of sp³-hybridized carbons (Fsp3) is 0.227. The lowest BCUT2D eigenvalue weighted by Gasteiger charge is -2.16. The molecule has 0 fully saturated rings. The monoisotopic (exact) mass is 444 g/mol. The van der Waals surface area contributed by atoms with Crippen LogP contribution in [0.4, 0.5) is 4.39 Å². The highest BCUT2D eigenvalue weighted by molar-refractivity contribution is 6.30. The van der Waals surface area contributed by atoms with E-state index in [1.807, 2.05) is 13.8 Å². The Bertz CT molecular complexity index is 1070. The molecule has 2 aromatic carbocycles. The van der Waals surface area contributed by atoms with Crippen LogP contribution >= 0.6 is 11.6 Å². The van der Waals surface area contributed by atoms with Gasteiger partial charge < -0.3 is 4.74 Å². The summed E-state index contributed by atoms with van der Waals surface area (Å²) in [7, 11) is 0. The standard InChI is InChI=1S/C22H22ClFN4O3/c1-13(2)20-19(12-25-28(20)17-8-4-15(23)5-9-17)22(30)27-26-21(29)14(3)31-18-10-6-16(24)7-11-18/h4-14H,1-3H3,(H,26,29)(H,27,30). The van der Waals surface area contributed by atoms with Gasteiger partial charge in [-0.15, -0.1) is 0 Å². The number of hydrazine groups is 1. The van der Waals surface area contributed by atoms with Gasteiger partial charge >= 0.3 is 0 Å². The van der Waals surface area contributed by atoms with Crippen LogP contribution in [0, 0.1) is 5.82 Å². The Morgan fingerprint density at radius 2 is 1.68 bits per heavy atom. The molecule has 1 atom stereocenters. The molecule has 0 radical (unpaired) electrons. The first-order valence-electron chi connectivity index (χ1n) is 9.62. The van der Waals surface area contributed by atoms with Crippen LogP contribution in [0.3, 0.4) is 0 Å². The first-order valence-corrected chi connectivity index (χ1v) is 10.0. The van der Waals surface area contributed by atoms with Crippen molar-refractivity contribution >= 4 is 23.4 Å². The van der Waals surface area contributed by atoms with Gasteiger partial charge in [-0.25, -0.2) is 9.07 Å². The van der Waals surface area contributed by atoms with E-state index in [-0.39, 0.29) is 5.92 Å². The molecule has 3 aromatic rings. The summed E-state index contributed by atoms with van der Waals surface area (Å²) in [6, 6.07) is 12.4. The van der Waals surface area contributed by atoms with Crippen molar-refractivity contribution in [3.05, 3.63) is 76.8 Å². The van der Waals surface area contributed by atoms with Gasteiger partial charge in [0, 0.05) is 5.02 Å². The normalized spacial score (nSPS) is 11.8. The molecular formula is C22H22ClFN4O3. The number of carbonyl (C=O) groups is 2. The minimum atomic E-state index is -0.910. The summed E-state index contributed by atoms with van der Waals surface area (Å²) >= 11 is 5.95. The Kier molecular flexibility index (Phi) is 6.91. The predicted molar refractivity (Wildman–Crippen MR) is 115 cm³/mol. The number of hydrogen-bond acceptors (Lipinski definition) is 4. The fourth-order valence-electron chi connectivity index (χ4n) is 2.93. The highest BCUT2D eigenvalue weighted by Crippen LogP contribution is 2.24. The molecule has 2 N–H and O–H groups in total. The minimum absolute atomic E-state index is 0.0182. The van der Waals surface area contributed by atoms with E-state index in [1.54, 1.807) is 28.9 Å². The smallest absolute Gasteiger partial charge is 0.279 e. The first-order chi connectivity index (χ1) is 14.8. The molecule has 9 heteroatoms. The number of rotatable bonds is 6. The van der Waals surface area contributed by atoms with E-state index in [2.05, 4.69) is 16.0 Å². The van der Waals surface area contributed by atoms with Gasteiger partial charge in [-0.1, -0.05) is 25.4 Å². The van der Waals surface area contributed by atoms with E-state index >= 15 is 0 Å². The average Bonchev–Trinajstić information content (AvgIpc) is 3.19. The Morgan fingerprint density at radius 1 is 1.03 bits per heavy atom. The van der Waals surface area contributed by atoms with Crippen molar-refractivity contribution < 1.29 is 18.7 Å². The van der Waals surface area contributed by atoms with E-state index in [4.69, 9.17) is 16.3 Å². The summed E-state index contributed by atoms with van der Waals surface area (Å²) in [6.07, 6.45) is 0.538. The van der Waals surface area contributed by atoms with Gasteiger partial charge in [0.2, 0.25) is 0 Å². The molecule has 2 amide bonds. The van der Waals surface area contributed by atoms with Crippen LogP contribution in [-0.2, 0) is 4.79 Å². The Labute approximate surface area is 184 Å². The molecule has 0 saturated carbocycles.